The lowest BCUT2D eigenvalue weighted by Gasteiger charge is -2.37. The molecule has 0 aromatic rings. The van der Waals surface area contributed by atoms with Crippen molar-refractivity contribution in [3.63, 3.8) is 0 Å². The Hall–Kier alpha value is -0.610. The fourth-order valence-corrected chi connectivity index (χ4v) is 2.54. The summed E-state index contributed by atoms with van der Waals surface area (Å²) in [6, 6.07) is -0.0242. The number of carbonyl (C=O) groups excluding carboxylic acids is 1. The molecule has 1 heterocycles. The molecular weight excluding hydrogens is 226 g/mol. The molecule has 0 bridgehead atoms. The molecule has 2 N–H and O–H groups in total. The summed E-state index contributed by atoms with van der Waals surface area (Å²) in [6.07, 6.45) is 2.46. The summed E-state index contributed by atoms with van der Waals surface area (Å²) in [6.45, 7) is 11.2. The zero-order chi connectivity index (χ0) is 13.8. The first-order valence-electron chi connectivity index (χ1n) is 7.04. The molecule has 0 saturated carbocycles. The van der Waals surface area contributed by atoms with Crippen LogP contribution in [-0.4, -0.2) is 49.1 Å². The minimum Gasteiger partial charge on any atom is -0.350 e. The number of piperidine rings is 1. The molecular formula is C14H29N3O. The molecule has 2 unspecified atom stereocenters. The van der Waals surface area contributed by atoms with Gasteiger partial charge in [0.1, 0.15) is 0 Å². The van der Waals surface area contributed by atoms with E-state index in [4.69, 9.17) is 0 Å². The van der Waals surface area contributed by atoms with Crippen molar-refractivity contribution >= 4 is 5.91 Å². The van der Waals surface area contributed by atoms with Gasteiger partial charge in [-0.05, 0) is 66.6 Å². The molecule has 18 heavy (non-hydrogen) atoms. The average Bonchev–Trinajstić information content (AvgIpc) is 2.26. The number of nitrogens with zero attached hydrogens (tertiary/aromatic N) is 1. The van der Waals surface area contributed by atoms with Gasteiger partial charge in [0.15, 0.2) is 0 Å². The molecule has 1 rings (SSSR count). The maximum Gasteiger partial charge on any atom is 0.237 e. The highest BCUT2D eigenvalue weighted by Crippen LogP contribution is 2.18. The summed E-state index contributed by atoms with van der Waals surface area (Å²) in [5, 5.41) is 6.30. The second-order valence-electron chi connectivity index (χ2n) is 6.48. The summed E-state index contributed by atoms with van der Waals surface area (Å²) in [4.78, 5) is 14.5. The molecule has 1 aliphatic rings. The minimum atomic E-state index is -0.147. The smallest absolute Gasteiger partial charge is 0.237 e. The van der Waals surface area contributed by atoms with Gasteiger partial charge in [-0.2, -0.15) is 0 Å². The number of carbonyl (C=O) groups is 1. The van der Waals surface area contributed by atoms with E-state index in [1.165, 1.54) is 12.8 Å². The van der Waals surface area contributed by atoms with Gasteiger partial charge in [0, 0.05) is 12.1 Å². The zero-order valence-electron chi connectivity index (χ0n) is 12.5. The first kappa shape index (κ1) is 15.4. The quantitative estimate of drug-likeness (QED) is 0.794. The average molecular weight is 255 g/mol. The number of hydrogen-bond acceptors (Lipinski definition) is 3. The summed E-state index contributed by atoms with van der Waals surface area (Å²) >= 11 is 0. The SMILES string of the molecule is CNCC1CCCN(C(C)C(=O)NC(C)(C)C)C1. The first-order valence-corrected chi connectivity index (χ1v) is 7.04. The minimum absolute atomic E-state index is 0.0242. The van der Waals surface area contributed by atoms with Crippen LogP contribution in [-0.2, 0) is 4.79 Å². The fraction of sp³-hybridized carbons (Fsp3) is 0.929. The van der Waals surface area contributed by atoms with E-state index in [0.29, 0.717) is 5.92 Å². The van der Waals surface area contributed by atoms with Crippen molar-refractivity contribution < 1.29 is 4.79 Å². The fourth-order valence-electron chi connectivity index (χ4n) is 2.54. The largest absolute Gasteiger partial charge is 0.350 e. The summed E-state index contributed by atoms with van der Waals surface area (Å²) in [7, 11) is 1.99. The molecule has 1 fully saturated rings. The number of rotatable bonds is 4. The van der Waals surface area contributed by atoms with Crippen LogP contribution in [0.1, 0.15) is 40.5 Å². The molecule has 1 aliphatic heterocycles. The van der Waals surface area contributed by atoms with Crippen molar-refractivity contribution in [1.82, 2.24) is 15.5 Å². The molecule has 106 valence electrons. The van der Waals surface area contributed by atoms with E-state index in [0.717, 1.165) is 19.6 Å². The van der Waals surface area contributed by atoms with Crippen LogP contribution in [0.3, 0.4) is 0 Å². The highest BCUT2D eigenvalue weighted by molar-refractivity contribution is 5.81. The van der Waals surface area contributed by atoms with Crippen LogP contribution in [0, 0.1) is 5.92 Å². The van der Waals surface area contributed by atoms with Crippen LogP contribution in [0.2, 0.25) is 0 Å². The lowest BCUT2D eigenvalue weighted by Crippen LogP contribution is -2.53. The summed E-state index contributed by atoms with van der Waals surface area (Å²) in [5.74, 6) is 0.821. The number of nitrogens with one attached hydrogen (secondary N) is 2. The van der Waals surface area contributed by atoms with Gasteiger partial charge in [-0.25, -0.2) is 0 Å². The van der Waals surface area contributed by atoms with E-state index in [-0.39, 0.29) is 17.5 Å². The maximum absolute atomic E-state index is 12.2. The van der Waals surface area contributed by atoms with E-state index in [1.807, 2.05) is 34.7 Å². The Bertz CT molecular complexity index is 271. The van der Waals surface area contributed by atoms with Crippen molar-refractivity contribution in [2.75, 3.05) is 26.7 Å². The standard InChI is InChI=1S/C14H29N3O/c1-11(13(18)16-14(2,3)4)17-8-6-7-12(10-17)9-15-5/h11-12,15H,6-10H2,1-5H3,(H,16,18). The van der Waals surface area contributed by atoms with Gasteiger partial charge in [-0.1, -0.05) is 0 Å². The molecule has 0 aliphatic carbocycles. The Morgan fingerprint density at radius 3 is 2.67 bits per heavy atom. The highest BCUT2D eigenvalue weighted by atomic mass is 16.2. The maximum atomic E-state index is 12.2. The Labute approximate surface area is 111 Å². The van der Waals surface area contributed by atoms with Gasteiger partial charge < -0.3 is 10.6 Å². The van der Waals surface area contributed by atoms with E-state index < -0.39 is 0 Å². The molecule has 0 spiro atoms. The first-order chi connectivity index (χ1) is 8.33. The highest BCUT2D eigenvalue weighted by Gasteiger charge is 2.28. The van der Waals surface area contributed by atoms with Gasteiger partial charge in [0.2, 0.25) is 5.91 Å². The van der Waals surface area contributed by atoms with Gasteiger partial charge in [-0.3, -0.25) is 9.69 Å². The second kappa shape index (κ2) is 6.53. The van der Waals surface area contributed by atoms with Crippen molar-refractivity contribution in [3.05, 3.63) is 0 Å². The topological polar surface area (TPSA) is 44.4 Å². The van der Waals surface area contributed by atoms with Gasteiger partial charge in [0.25, 0.3) is 0 Å². The van der Waals surface area contributed by atoms with Crippen molar-refractivity contribution in [1.29, 1.82) is 0 Å². The Morgan fingerprint density at radius 1 is 1.44 bits per heavy atom. The molecule has 1 saturated heterocycles. The second-order valence-corrected chi connectivity index (χ2v) is 6.48. The van der Waals surface area contributed by atoms with Crippen molar-refractivity contribution in [3.8, 4) is 0 Å². The number of amides is 1. The Balaban J connectivity index is 2.50. The normalized spacial score (nSPS) is 23.7. The van der Waals surface area contributed by atoms with E-state index in [2.05, 4.69) is 15.5 Å². The van der Waals surface area contributed by atoms with Crippen LogP contribution in [0.15, 0.2) is 0 Å². The molecule has 0 aromatic heterocycles. The van der Waals surface area contributed by atoms with E-state index in [9.17, 15) is 4.79 Å². The Morgan fingerprint density at radius 2 is 2.11 bits per heavy atom. The van der Waals surface area contributed by atoms with Crippen molar-refractivity contribution in [2.45, 2.75) is 52.1 Å². The van der Waals surface area contributed by atoms with Gasteiger partial charge >= 0.3 is 0 Å². The molecule has 4 heteroatoms. The summed E-state index contributed by atoms with van der Waals surface area (Å²) in [5.41, 5.74) is -0.147. The van der Waals surface area contributed by atoms with Crippen molar-refractivity contribution in [2.24, 2.45) is 5.92 Å². The monoisotopic (exact) mass is 255 g/mol. The predicted molar refractivity (Wildman–Crippen MR) is 75.6 cm³/mol. The van der Waals surface area contributed by atoms with E-state index in [1.54, 1.807) is 0 Å². The zero-order valence-corrected chi connectivity index (χ0v) is 12.5. The number of hydrogen-bond donors (Lipinski definition) is 2. The van der Waals surface area contributed by atoms with Crippen LogP contribution in [0.5, 0.6) is 0 Å². The molecule has 0 radical (unpaired) electrons. The lowest BCUT2D eigenvalue weighted by molar-refractivity contribution is -0.128. The summed E-state index contributed by atoms with van der Waals surface area (Å²) < 4.78 is 0. The third-order valence-corrected chi connectivity index (χ3v) is 3.47. The lowest BCUT2D eigenvalue weighted by atomic mass is 9.96. The van der Waals surface area contributed by atoms with Crippen LogP contribution >= 0.6 is 0 Å². The van der Waals surface area contributed by atoms with Crippen LogP contribution < -0.4 is 10.6 Å². The molecule has 1 amide bonds. The molecule has 4 nitrogen and oxygen atoms in total. The Kier molecular flexibility index (Phi) is 5.60. The number of likely N-dealkylation sites (tertiary alicyclic amines) is 1. The van der Waals surface area contributed by atoms with Gasteiger partial charge in [-0.15, -0.1) is 0 Å². The predicted octanol–water partition coefficient (Wildman–Crippen LogP) is 1.22. The van der Waals surface area contributed by atoms with Gasteiger partial charge in [0.05, 0.1) is 6.04 Å². The molecule has 2 atom stereocenters. The third-order valence-electron chi connectivity index (χ3n) is 3.47. The van der Waals surface area contributed by atoms with E-state index >= 15 is 0 Å². The van der Waals surface area contributed by atoms with Crippen LogP contribution in [0.25, 0.3) is 0 Å². The third kappa shape index (κ3) is 4.94. The molecule has 0 aromatic carbocycles. The van der Waals surface area contributed by atoms with Crippen LogP contribution in [0.4, 0.5) is 0 Å².